The van der Waals surface area contributed by atoms with E-state index in [4.69, 9.17) is 0 Å². The molecule has 0 unspecified atom stereocenters. The Morgan fingerprint density at radius 2 is 1.82 bits per heavy atom. The van der Waals surface area contributed by atoms with Crippen molar-refractivity contribution in [3.8, 4) is 11.5 Å². The fourth-order valence-electron chi connectivity index (χ4n) is 3.27. The smallest absolute Gasteiger partial charge is 0.395 e. The van der Waals surface area contributed by atoms with Gasteiger partial charge in [0.05, 0.1) is 12.0 Å². The number of benzene rings is 2. The molecule has 11 heteroatoms. The summed E-state index contributed by atoms with van der Waals surface area (Å²) >= 11 is 0. The summed E-state index contributed by atoms with van der Waals surface area (Å²) in [4.78, 5) is 28.6. The van der Waals surface area contributed by atoms with E-state index in [1.807, 2.05) is 0 Å². The lowest BCUT2D eigenvalue weighted by molar-refractivity contribution is -0.286. The number of nitrogens with one attached hydrogen (secondary N) is 3. The molecule has 2 heterocycles. The predicted octanol–water partition coefficient (Wildman–Crippen LogP) is 3.70. The van der Waals surface area contributed by atoms with Gasteiger partial charge in [0.15, 0.2) is 11.5 Å². The van der Waals surface area contributed by atoms with E-state index >= 15 is 0 Å². The number of nitrogens with zero attached hydrogens (tertiary/aromatic N) is 1. The zero-order chi connectivity index (χ0) is 24.3. The van der Waals surface area contributed by atoms with Crippen molar-refractivity contribution in [1.29, 1.82) is 0 Å². The molecular weight excluding hydrogens is 453 g/mol. The Labute approximate surface area is 192 Å². The van der Waals surface area contributed by atoms with E-state index in [0.717, 1.165) is 11.6 Å². The van der Waals surface area contributed by atoms with Crippen LogP contribution in [-0.4, -0.2) is 30.1 Å². The fourth-order valence-corrected chi connectivity index (χ4v) is 3.27. The number of carbonyl (C=O) groups excluding carboxylic acids is 2. The highest BCUT2D eigenvalue weighted by molar-refractivity contribution is 6.08. The topological polar surface area (TPSA) is 102 Å². The molecule has 8 nitrogen and oxygen atoms in total. The standard InChI is InChI=1S/C23H19F3N4O4/c1-27-21(31)11-16-8-13(6-7-28-16)12-29-18-4-2-14(24)9-17(18)22(32)30-15-3-5-19-20(10-15)34-23(25,26)33-19/h2-10,29H,11-12H2,1H3,(H,27,31)(H,30,32). The number of anilines is 2. The maximum Gasteiger partial charge on any atom is 0.586 e. The minimum absolute atomic E-state index is 0.00244. The SMILES string of the molecule is CNC(=O)Cc1cc(CNc2ccc(F)cc2C(=O)Nc2ccc3c(c2)OC(F)(F)O3)ccn1. The van der Waals surface area contributed by atoms with Crippen LogP contribution in [0.25, 0.3) is 0 Å². The molecule has 2 aromatic carbocycles. The number of hydrogen-bond donors (Lipinski definition) is 3. The molecule has 34 heavy (non-hydrogen) atoms. The molecular formula is C23H19F3N4O4. The number of rotatable bonds is 7. The Hall–Kier alpha value is -4.28. The molecule has 3 N–H and O–H groups in total. The van der Waals surface area contributed by atoms with Gasteiger partial charge in [0.1, 0.15) is 5.82 Å². The van der Waals surface area contributed by atoms with Crippen molar-refractivity contribution in [3.05, 3.63) is 77.4 Å². The van der Waals surface area contributed by atoms with Crippen molar-refractivity contribution >= 4 is 23.2 Å². The number of ether oxygens (including phenoxy) is 2. The summed E-state index contributed by atoms with van der Waals surface area (Å²) < 4.78 is 49.1. The first-order valence-corrected chi connectivity index (χ1v) is 10.1. The minimum Gasteiger partial charge on any atom is -0.395 e. The maximum absolute atomic E-state index is 13.9. The number of likely N-dealkylation sites (N-methyl/N-ethyl adjacent to an activating group) is 1. The molecule has 3 aromatic rings. The van der Waals surface area contributed by atoms with Crippen LogP contribution < -0.4 is 25.4 Å². The summed E-state index contributed by atoms with van der Waals surface area (Å²) in [6.45, 7) is 0.272. The summed E-state index contributed by atoms with van der Waals surface area (Å²) in [5.74, 6) is -1.86. The van der Waals surface area contributed by atoms with Gasteiger partial charge in [-0.1, -0.05) is 0 Å². The fraction of sp³-hybridized carbons (Fsp3) is 0.174. The van der Waals surface area contributed by atoms with Crippen molar-refractivity contribution in [1.82, 2.24) is 10.3 Å². The molecule has 0 saturated heterocycles. The van der Waals surface area contributed by atoms with Crippen LogP contribution in [-0.2, 0) is 17.8 Å². The number of fused-ring (bicyclic) bond motifs is 1. The van der Waals surface area contributed by atoms with E-state index in [1.165, 1.54) is 37.4 Å². The van der Waals surface area contributed by atoms with Gasteiger partial charge in [0.25, 0.3) is 5.91 Å². The van der Waals surface area contributed by atoms with Gasteiger partial charge in [-0.3, -0.25) is 14.6 Å². The third kappa shape index (κ3) is 5.37. The number of amides is 2. The second-order valence-electron chi connectivity index (χ2n) is 7.33. The molecule has 176 valence electrons. The van der Waals surface area contributed by atoms with Crippen LogP contribution in [0.5, 0.6) is 11.5 Å². The normalized spacial score (nSPS) is 13.3. The predicted molar refractivity (Wildman–Crippen MR) is 116 cm³/mol. The molecule has 0 bridgehead atoms. The van der Waals surface area contributed by atoms with Crippen LogP contribution >= 0.6 is 0 Å². The van der Waals surface area contributed by atoms with Crippen LogP contribution in [0, 0.1) is 5.82 Å². The largest absolute Gasteiger partial charge is 0.586 e. The third-order valence-electron chi connectivity index (χ3n) is 4.87. The summed E-state index contributed by atoms with van der Waals surface area (Å²) in [5, 5.41) is 8.14. The highest BCUT2D eigenvalue weighted by Gasteiger charge is 2.43. The molecule has 2 amide bonds. The summed E-state index contributed by atoms with van der Waals surface area (Å²) in [5.41, 5.74) is 1.87. The van der Waals surface area contributed by atoms with E-state index in [-0.39, 0.29) is 41.6 Å². The second kappa shape index (κ2) is 9.30. The van der Waals surface area contributed by atoms with Crippen molar-refractivity contribution in [3.63, 3.8) is 0 Å². The lowest BCUT2D eigenvalue weighted by Gasteiger charge is -2.13. The summed E-state index contributed by atoms with van der Waals surface area (Å²) in [7, 11) is 1.54. The Bertz CT molecular complexity index is 1250. The maximum atomic E-state index is 13.9. The average molecular weight is 472 g/mol. The van der Waals surface area contributed by atoms with Gasteiger partial charge in [-0.2, -0.15) is 0 Å². The molecule has 0 radical (unpaired) electrons. The van der Waals surface area contributed by atoms with Crippen molar-refractivity contribution in [2.45, 2.75) is 19.3 Å². The first-order chi connectivity index (χ1) is 16.2. The van der Waals surface area contributed by atoms with Gasteiger partial charge < -0.3 is 25.4 Å². The molecule has 1 aromatic heterocycles. The van der Waals surface area contributed by atoms with Crippen molar-refractivity contribution in [2.75, 3.05) is 17.7 Å². The van der Waals surface area contributed by atoms with Gasteiger partial charge >= 0.3 is 6.29 Å². The van der Waals surface area contributed by atoms with E-state index < -0.39 is 18.0 Å². The highest BCUT2D eigenvalue weighted by atomic mass is 19.3. The van der Waals surface area contributed by atoms with Crippen LogP contribution in [0.3, 0.4) is 0 Å². The molecule has 0 spiro atoms. The number of carbonyl (C=O) groups is 2. The van der Waals surface area contributed by atoms with Crippen LogP contribution in [0.15, 0.2) is 54.7 Å². The van der Waals surface area contributed by atoms with E-state index in [1.54, 1.807) is 18.3 Å². The Balaban J connectivity index is 1.48. The zero-order valence-corrected chi connectivity index (χ0v) is 17.8. The highest BCUT2D eigenvalue weighted by Crippen LogP contribution is 2.42. The molecule has 0 atom stereocenters. The molecule has 4 rings (SSSR count). The van der Waals surface area contributed by atoms with Crippen molar-refractivity contribution < 1.29 is 32.2 Å². The number of aromatic nitrogens is 1. The minimum atomic E-state index is -3.78. The number of hydrogen-bond acceptors (Lipinski definition) is 6. The average Bonchev–Trinajstić information content (AvgIpc) is 3.11. The molecule has 0 fully saturated rings. The van der Waals surface area contributed by atoms with E-state index in [9.17, 15) is 22.8 Å². The lowest BCUT2D eigenvalue weighted by Crippen LogP contribution is -2.25. The number of pyridine rings is 1. The quantitative estimate of drug-likeness (QED) is 0.485. The van der Waals surface area contributed by atoms with Crippen LogP contribution in [0.4, 0.5) is 24.5 Å². The first kappa shape index (κ1) is 22.9. The first-order valence-electron chi connectivity index (χ1n) is 10.1. The zero-order valence-electron chi connectivity index (χ0n) is 17.8. The lowest BCUT2D eigenvalue weighted by atomic mass is 10.1. The van der Waals surface area contributed by atoms with Gasteiger partial charge in [0, 0.05) is 42.9 Å². The van der Waals surface area contributed by atoms with Crippen LogP contribution in [0.2, 0.25) is 0 Å². The molecule has 1 aliphatic heterocycles. The van der Waals surface area contributed by atoms with Crippen molar-refractivity contribution in [2.24, 2.45) is 0 Å². The van der Waals surface area contributed by atoms with Gasteiger partial charge in [-0.05, 0) is 48.0 Å². The Morgan fingerprint density at radius 1 is 1.03 bits per heavy atom. The number of halogens is 3. The number of alkyl halides is 2. The molecule has 0 aliphatic carbocycles. The molecule has 0 saturated carbocycles. The van der Waals surface area contributed by atoms with Gasteiger partial charge in [-0.15, -0.1) is 8.78 Å². The Morgan fingerprint density at radius 3 is 2.62 bits per heavy atom. The monoisotopic (exact) mass is 472 g/mol. The molecule has 1 aliphatic rings. The van der Waals surface area contributed by atoms with Crippen LogP contribution in [0.1, 0.15) is 21.6 Å². The van der Waals surface area contributed by atoms with E-state index in [0.29, 0.717) is 11.4 Å². The third-order valence-corrected chi connectivity index (χ3v) is 4.87. The van der Waals surface area contributed by atoms with Gasteiger partial charge in [-0.25, -0.2) is 4.39 Å². The summed E-state index contributed by atoms with van der Waals surface area (Å²) in [6.07, 6.45) is -2.09. The summed E-state index contributed by atoms with van der Waals surface area (Å²) in [6, 6.07) is 10.9. The Kier molecular flexibility index (Phi) is 6.26. The van der Waals surface area contributed by atoms with E-state index in [2.05, 4.69) is 30.4 Å². The van der Waals surface area contributed by atoms with Gasteiger partial charge in [0.2, 0.25) is 5.91 Å². The second-order valence-corrected chi connectivity index (χ2v) is 7.33.